The highest BCUT2D eigenvalue weighted by atomic mass is 35.5. The fourth-order valence-corrected chi connectivity index (χ4v) is 4.41. The molecule has 0 spiro atoms. The number of rotatable bonds is 9. The molecule has 1 fully saturated rings. The second kappa shape index (κ2) is 10.1. The van der Waals surface area contributed by atoms with Crippen LogP contribution in [0.1, 0.15) is 23.2 Å². The lowest BCUT2D eigenvalue weighted by atomic mass is 10.2. The number of hydrogen-bond donors (Lipinski definition) is 1. The Kier molecular flexibility index (Phi) is 7.49. The fourth-order valence-electron chi connectivity index (χ4n) is 2.82. The minimum atomic E-state index is -3.89. The SMILES string of the molecule is O=C(OCCOc1ccccc1)c1ccc(Cl)c(S(=O)(=O)NCC2CCCO2)c1. The number of hydrogen-bond acceptors (Lipinski definition) is 6. The van der Waals surface area contributed by atoms with E-state index in [-0.39, 0.29) is 41.3 Å². The molecule has 0 bridgehead atoms. The molecule has 0 aromatic heterocycles. The minimum Gasteiger partial charge on any atom is -0.490 e. The number of sulfonamides is 1. The van der Waals surface area contributed by atoms with Crippen molar-refractivity contribution in [2.45, 2.75) is 23.8 Å². The summed E-state index contributed by atoms with van der Waals surface area (Å²) >= 11 is 6.05. The third-order valence-electron chi connectivity index (χ3n) is 4.31. The molecule has 1 unspecified atom stereocenters. The van der Waals surface area contributed by atoms with Crippen molar-refractivity contribution in [3.63, 3.8) is 0 Å². The third kappa shape index (κ3) is 6.17. The van der Waals surface area contributed by atoms with Crippen LogP contribution in [0.3, 0.4) is 0 Å². The zero-order valence-corrected chi connectivity index (χ0v) is 17.2. The molecular weight excluding hydrogens is 418 g/mol. The maximum Gasteiger partial charge on any atom is 0.338 e. The van der Waals surface area contributed by atoms with Gasteiger partial charge in [0.25, 0.3) is 0 Å². The van der Waals surface area contributed by atoms with Crippen LogP contribution >= 0.6 is 11.6 Å². The molecule has 1 aliphatic heterocycles. The number of carbonyl (C=O) groups is 1. The topological polar surface area (TPSA) is 90.9 Å². The number of nitrogens with one attached hydrogen (secondary N) is 1. The molecule has 3 rings (SSSR count). The standard InChI is InChI=1S/C20H22ClNO6S/c21-18-9-8-15(20(23)28-12-11-27-16-5-2-1-3-6-16)13-19(18)29(24,25)22-14-17-7-4-10-26-17/h1-3,5-6,8-9,13,17,22H,4,7,10-12,14H2. The van der Waals surface area contributed by atoms with E-state index in [0.717, 1.165) is 12.8 Å². The lowest BCUT2D eigenvalue weighted by Crippen LogP contribution is -2.32. The molecule has 7 nitrogen and oxygen atoms in total. The van der Waals surface area contributed by atoms with Gasteiger partial charge in [0.05, 0.1) is 16.7 Å². The Bertz CT molecular complexity index is 929. The molecule has 1 atom stereocenters. The van der Waals surface area contributed by atoms with Crippen LogP contribution in [0.25, 0.3) is 0 Å². The second-order valence-corrected chi connectivity index (χ2v) is 8.57. The Morgan fingerprint density at radius 1 is 1.17 bits per heavy atom. The van der Waals surface area contributed by atoms with Crippen molar-refractivity contribution in [3.05, 3.63) is 59.1 Å². The van der Waals surface area contributed by atoms with E-state index >= 15 is 0 Å². The lowest BCUT2D eigenvalue weighted by Gasteiger charge is -2.13. The number of ether oxygens (including phenoxy) is 3. The van der Waals surface area contributed by atoms with Gasteiger partial charge in [-0.25, -0.2) is 17.9 Å². The monoisotopic (exact) mass is 439 g/mol. The van der Waals surface area contributed by atoms with Crippen molar-refractivity contribution in [1.29, 1.82) is 0 Å². The Hall–Kier alpha value is -2.13. The largest absolute Gasteiger partial charge is 0.490 e. The first kappa shape index (κ1) is 21.6. The average Bonchev–Trinajstić information content (AvgIpc) is 3.24. The number of para-hydroxylation sites is 1. The predicted molar refractivity (Wildman–Crippen MR) is 108 cm³/mol. The average molecular weight is 440 g/mol. The van der Waals surface area contributed by atoms with Crippen molar-refractivity contribution >= 4 is 27.6 Å². The van der Waals surface area contributed by atoms with E-state index in [9.17, 15) is 13.2 Å². The van der Waals surface area contributed by atoms with Gasteiger partial charge in [-0.2, -0.15) is 0 Å². The Morgan fingerprint density at radius 2 is 1.97 bits per heavy atom. The summed E-state index contributed by atoms with van der Waals surface area (Å²) in [6.45, 7) is 0.986. The summed E-state index contributed by atoms with van der Waals surface area (Å²) in [5.74, 6) is 0.00893. The van der Waals surface area contributed by atoms with Crippen LogP contribution in [0.2, 0.25) is 5.02 Å². The van der Waals surface area contributed by atoms with Gasteiger partial charge in [-0.1, -0.05) is 29.8 Å². The Labute approximate surface area is 175 Å². The van der Waals surface area contributed by atoms with Crippen LogP contribution in [-0.2, 0) is 19.5 Å². The van der Waals surface area contributed by atoms with E-state index in [1.165, 1.54) is 18.2 Å². The van der Waals surface area contributed by atoms with Gasteiger partial charge < -0.3 is 14.2 Å². The maximum absolute atomic E-state index is 12.6. The van der Waals surface area contributed by atoms with Crippen molar-refractivity contribution in [1.82, 2.24) is 4.72 Å². The second-order valence-electron chi connectivity index (χ2n) is 6.43. The number of benzene rings is 2. The van der Waals surface area contributed by atoms with Gasteiger partial charge in [0, 0.05) is 13.2 Å². The van der Waals surface area contributed by atoms with E-state index in [1.807, 2.05) is 18.2 Å². The zero-order chi connectivity index (χ0) is 20.7. The summed E-state index contributed by atoms with van der Waals surface area (Å²) in [4.78, 5) is 12.1. The van der Waals surface area contributed by atoms with Crippen LogP contribution in [0.4, 0.5) is 0 Å². The van der Waals surface area contributed by atoms with E-state index in [1.54, 1.807) is 12.1 Å². The molecule has 1 saturated heterocycles. The van der Waals surface area contributed by atoms with Gasteiger partial charge in [-0.05, 0) is 43.2 Å². The van der Waals surface area contributed by atoms with E-state index in [4.69, 9.17) is 25.8 Å². The van der Waals surface area contributed by atoms with Gasteiger partial charge in [-0.3, -0.25) is 0 Å². The van der Waals surface area contributed by atoms with Gasteiger partial charge in [0.15, 0.2) is 0 Å². The lowest BCUT2D eigenvalue weighted by molar-refractivity contribution is 0.0450. The molecule has 1 N–H and O–H groups in total. The zero-order valence-electron chi connectivity index (χ0n) is 15.7. The summed E-state index contributed by atoms with van der Waals surface area (Å²) in [5.41, 5.74) is 0.0894. The molecule has 29 heavy (non-hydrogen) atoms. The minimum absolute atomic E-state index is 0.0220. The highest BCUT2D eigenvalue weighted by Crippen LogP contribution is 2.23. The van der Waals surface area contributed by atoms with Crippen LogP contribution < -0.4 is 9.46 Å². The molecular formula is C20H22ClNO6S. The van der Waals surface area contributed by atoms with E-state index < -0.39 is 16.0 Å². The van der Waals surface area contributed by atoms with Gasteiger partial charge in [0.2, 0.25) is 10.0 Å². The van der Waals surface area contributed by atoms with Gasteiger partial charge >= 0.3 is 5.97 Å². The first-order chi connectivity index (χ1) is 14.0. The van der Waals surface area contributed by atoms with Crippen LogP contribution in [0.15, 0.2) is 53.4 Å². The number of halogens is 1. The predicted octanol–water partition coefficient (Wildman–Crippen LogP) is 3.03. The van der Waals surface area contributed by atoms with Crippen LogP contribution in [0.5, 0.6) is 5.75 Å². The molecule has 2 aromatic carbocycles. The number of esters is 1. The molecule has 9 heteroatoms. The summed E-state index contributed by atoms with van der Waals surface area (Å²) in [5, 5.41) is 0.0220. The number of carbonyl (C=O) groups excluding carboxylic acids is 1. The quantitative estimate of drug-likeness (QED) is 0.477. The normalized spacial score (nSPS) is 16.5. The highest BCUT2D eigenvalue weighted by Gasteiger charge is 2.23. The van der Waals surface area contributed by atoms with Gasteiger partial charge in [-0.15, -0.1) is 0 Å². The molecule has 1 heterocycles. The van der Waals surface area contributed by atoms with Crippen molar-refractivity contribution in [2.24, 2.45) is 0 Å². The van der Waals surface area contributed by atoms with E-state index in [0.29, 0.717) is 12.4 Å². The summed E-state index contributed by atoms with van der Waals surface area (Å²) in [6, 6.07) is 13.1. The molecule has 0 amide bonds. The van der Waals surface area contributed by atoms with Crippen molar-refractivity contribution < 1.29 is 27.4 Å². The third-order valence-corrected chi connectivity index (χ3v) is 6.22. The van der Waals surface area contributed by atoms with Crippen LogP contribution in [0, 0.1) is 0 Å². The maximum atomic E-state index is 12.6. The Morgan fingerprint density at radius 3 is 2.69 bits per heavy atom. The van der Waals surface area contributed by atoms with Crippen molar-refractivity contribution in [3.8, 4) is 5.75 Å². The molecule has 0 saturated carbocycles. The summed E-state index contributed by atoms with van der Waals surface area (Å²) < 4.78 is 43.7. The smallest absolute Gasteiger partial charge is 0.338 e. The van der Waals surface area contributed by atoms with Crippen LogP contribution in [-0.4, -0.2) is 46.9 Å². The molecule has 0 aliphatic carbocycles. The van der Waals surface area contributed by atoms with Gasteiger partial charge in [0.1, 0.15) is 23.9 Å². The molecule has 1 aliphatic rings. The first-order valence-electron chi connectivity index (χ1n) is 9.21. The molecule has 0 radical (unpaired) electrons. The summed E-state index contributed by atoms with van der Waals surface area (Å²) in [6.07, 6.45) is 1.55. The highest BCUT2D eigenvalue weighted by molar-refractivity contribution is 7.89. The van der Waals surface area contributed by atoms with Crippen molar-refractivity contribution in [2.75, 3.05) is 26.4 Å². The molecule has 2 aromatic rings. The first-order valence-corrected chi connectivity index (χ1v) is 11.1. The van der Waals surface area contributed by atoms with E-state index in [2.05, 4.69) is 4.72 Å². The fraction of sp³-hybridized carbons (Fsp3) is 0.350. The molecule has 156 valence electrons. The summed E-state index contributed by atoms with van der Waals surface area (Å²) in [7, 11) is -3.89. The Balaban J connectivity index is 1.57.